The number of sulfone groups is 1. The van der Waals surface area contributed by atoms with Crippen LogP contribution in [0, 0.1) is 0 Å². The van der Waals surface area contributed by atoms with Crippen LogP contribution in [0.25, 0.3) is 11.5 Å². The van der Waals surface area contributed by atoms with Crippen molar-refractivity contribution >= 4 is 21.4 Å². The Morgan fingerprint density at radius 3 is 2.31 bits per heavy atom. The van der Waals surface area contributed by atoms with Crippen LogP contribution in [0.2, 0.25) is 0 Å². The molecule has 1 aliphatic rings. The zero-order chi connectivity index (χ0) is 22.9. The van der Waals surface area contributed by atoms with E-state index in [1.807, 2.05) is 20.8 Å². The van der Waals surface area contributed by atoms with Gasteiger partial charge in [0.1, 0.15) is 0 Å². The van der Waals surface area contributed by atoms with Crippen LogP contribution >= 0.6 is 0 Å². The van der Waals surface area contributed by atoms with E-state index in [1.165, 1.54) is 0 Å². The summed E-state index contributed by atoms with van der Waals surface area (Å²) in [6.07, 6.45) is 3.33. The molecule has 1 heterocycles. The van der Waals surface area contributed by atoms with Crippen LogP contribution in [0.15, 0.2) is 57.9 Å². The first-order valence-electron chi connectivity index (χ1n) is 10.8. The van der Waals surface area contributed by atoms with Crippen molar-refractivity contribution in [3.8, 4) is 11.5 Å². The lowest BCUT2D eigenvalue weighted by Crippen LogP contribution is -2.18. The molecule has 0 unspecified atom stereocenters. The molecule has 0 atom stereocenters. The van der Waals surface area contributed by atoms with Gasteiger partial charge in [-0.1, -0.05) is 50.9 Å². The van der Waals surface area contributed by atoms with E-state index in [9.17, 15) is 13.2 Å². The van der Waals surface area contributed by atoms with Gasteiger partial charge in [-0.05, 0) is 49.2 Å². The van der Waals surface area contributed by atoms with E-state index in [2.05, 4.69) is 15.5 Å². The highest BCUT2D eigenvalue weighted by molar-refractivity contribution is 7.92. The maximum absolute atomic E-state index is 13.0. The van der Waals surface area contributed by atoms with Crippen molar-refractivity contribution in [2.75, 3.05) is 5.32 Å². The van der Waals surface area contributed by atoms with Gasteiger partial charge in [0, 0.05) is 11.1 Å². The molecule has 1 saturated carbocycles. The molecule has 0 bridgehead atoms. The van der Waals surface area contributed by atoms with Crippen LogP contribution in [0.5, 0.6) is 0 Å². The molecular weight excluding hydrogens is 426 g/mol. The van der Waals surface area contributed by atoms with Gasteiger partial charge in [0.15, 0.2) is 15.7 Å². The van der Waals surface area contributed by atoms with Crippen molar-refractivity contribution in [3.63, 3.8) is 0 Å². The van der Waals surface area contributed by atoms with Crippen molar-refractivity contribution in [3.05, 3.63) is 59.9 Å². The monoisotopic (exact) mass is 453 g/mol. The van der Waals surface area contributed by atoms with Gasteiger partial charge in [-0.15, -0.1) is 0 Å². The van der Waals surface area contributed by atoms with E-state index in [1.54, 1.807) is 48.5 Å². The Hall–Kier alpha value is -3.00. The quantitative estimate of drug-likeness (QED) is 0.583. The SMILES string of the molecule is CC(C)(C)c1noc(-c2ccccc2C(=O)Nc2ccc(S(=O)(=O)C3CCCC3)cc2)n1. The molecule has 3 aromatic rings. The zero-order valence-electron chi connectivity index (χ0n) is 18.5. The number of anilines is 1. The predicted octanol–water partition coefficient (Wildman–Crippen LogP) is 5.00. The lowest BCUT2D eigenvalue weighted by molar-refractivity contribution is 0.102. The first-order chi connectivity index (χ1) is 15.2. The molecule has 7 nitrogen and oxygen atoms in total. The first kappa shape index (κ1) is 22.2. The molecule has 0 aliphatic heterocycles. The zero-order valence-corrected chi connectivity index (χ0v) is 19.3. The molecule has 0 spiro atoms. The third kappa shape index (κ3) is 4.46. The molecule has 2 aromatic carbocycles. The van der Waals surface area contributed by atoms with Crippen molar-refractivity contribution in [2.45, 2.75) is 62.0 Å². The number of carbonyl (C=O) groups is 1. The minimum atomic E-state index is -3.33. The smallest absolute Gasteiger partial charge is 0.258 e. The van der Waals surface area contributed by atoms with Crippen molar-refractivity contribution in [1.82, 2.24) is 10.1 Å². The van der Waals surface area contributed by atoms with Gasteiger partial charge in [0.25, 0.3) is 11.8 Å². The fourth-order valence-corrected chi connectivity index (χ4v) is 5.68. The summed E-state index contributed by atoms with van der Waals surface area (Å²) < 4.78 is 30.9. The standard InChI is InChI=1S/C24H27N3O4S/c1-24(2,3)23-26-22(31-27-23)20-11-7-6-10-19(20)21(28)25-16-12-14-18(15-13-16)32(29,30)17-8-4-5-9-17/h6-7,10-15,17H,4-5,8-9H2,1-3H3,(H,25,28). The molecule has 0 radical (unpaired) electrons. The summed E-state index contributed by atoms with van der Waals surface area (Å²) in [6, 6.07) is 13.4. The Bertz CT molecular complexity index is 1220. The Balaban J connectivity index is 1.54. The topological polar surface area (TPSA) is 102 Å². The summed E-state index contributed by atoms with van der Waals surface area (Å²) in [5.41, 5.74) is 1.16. The van der Waals surface area contributed by atoms with E-state index in [4.69, 9.17) is 4.52 Å². The van der Waals surface area contributed by atoms with Gasteiger partial charge < -0.3 is 9.84 Å². The van der Waals surface area contributed by atoms with Crippen molar-refractivity contribution in [1.29, 1.82) is 0 Å². The Kier molecular flexibility index (Phi) is 5.90. The molecular formula is C24H27N3O4S. The van der Waals surface area contributed by atoms with E-state index in [-0.39, 0.29) is 22.5 Å². The summed E-state index contributed by atoms with van der Waals surface area (Å²) in [4.78, 5) is 17.7. The molecule has 1 aliphatic carbocycles. The highest BCUT2D eigenvalue weighted by Crippen LogP contribution is 2.30. The molecule has 1 N–H and O–H groups in total. The van der Waals surface area contributed by atoms with Crippen LogP contribution in [0.3, 0.4) is 0 Å². The van der Waals surface area contributed by atoms with Crippen LogP contribution in [-0.2, 0) is 15.3 Å². The third-order valence-corrected chi connectivity index (χ3v) is 7.96. The van der Waals surface area contributed by atoms with E-state index in [0.717, 1.165) is 12.8 Å². The number of amides is 1. The highest BCUT2D eigenvalue weighted by atomic mass is 32.2. The number of aromatic nitrogens is 2. The fourth-order valence-electron chi connectivity index (χ4n) is 3.82. The molecule has 168 valence electrons. The number of nitrogens with one attached hydrogen (secondary N) is 1. The summed E-state index contributed by atoms with van der Waals surface area (Å²) in [6.45, 7) is 5.95. The minimum absolute atomic E-state index is 0.277. The summed E-state index contributed by atoms with van der Waals surface area (Å²) >= 11 is 0. The highest BCUT2D eigenvalue weighted by Gasteiger charge is 2.30. The van der Waals surface area contributed by atoms with Crippen LogP contribution < -0.4 is 5.32 Å². The van der Waals surface area contributed by atoms with E-state index in [0.29, 0.717) is 40.4 Å². The van der Waals surface area contributed by atoms with Gasteiger partial charge in [-0.2, -0.15) is 4.98 Å². The lowest BCUT2D eigenvalue weighted by Gasteiger charge is -2.12. The van der Waals surface area contributed by atoms with Crippen LogP contribution in [-0.4, -0.2) is 29.7 Å². The maximum atomic E-state index is 13.0. The predicted molar refractivity (Wildman–Crippen MR) is 122 cm³/mol. The summed E-state index contributed by atoms with van der Waals surface area (Å²) in [5.74, 6) is 0.489. The maximum Gasteiger partial charge on any atom is 0.258 e. The largest absolute Gasteiger partial charge is 0.334 e. The molecule has 0 saturated heterocycles. The third-order valence-electron chi connectivity index (χ3n) is 5.68. The summed E-state index contributed by atoms with van der Waals surface area (Å²) in [5, 5.41) is 6.57. The number of hydrogen-bond donors (Lipinski definition) is 1. The number of nitrogens with zero attached hydrogens (tertiary/aromatic N) is 2. The fraction of sp³-hybridized carbons (Fsp3) is 0.375. The van der Waals surface area contributed by atoms with Crippen molar-refractivity contribution in [2.24, 2.45) is 0 Å². The average molecular weight is 454 g/mol. The normalized spacial score (nSPS) is 15.1. The second-order valence-corrected chi connectivity index (χ2v) is 11.4. The van der Waals surface area contributed by atoms with Gasteiger partial charge in [-0.25, -0.2) is 8.42 Å². The molecule has 1 amide bonds. The molecule has 32 heavy (non-hydrogen) atoms. The number of hydrogen-bond acceptors (Lipinski definition) is 6. The van der Waals surface area contributed by atoms with Crippen molar-refractivity contribution < 1.29 is 17.7 Å². The van der Waals surface area contributed by atoms with Gasteiger partial charge in [-0.3, -0.25) is 4.79 Å². The second-order valence-electron chi connectivity index (χ2n) is 9.15. The van der Waals surface area contributed by atoms with Gasteiger partial charge in [0.05, 0.1) is 21.3 Å². The minimum Gasteiger partial charge on any atom is -0.334 e. The number of benzene rings is 2. The molecule has 1 fully saturated rings. The first-order valence-corrected chi connectivity index (χ1v) is 12.3. The lowest BCUT2D eigenvalue weighted by atomic mass is 9.96. The Labute approximate surface area is 188 Å². The second kappa shape index (κ2) is 8.50. The molecule has 8 heteroatoms. The summed E-state index contributed by atoms with van der Waals surface area (Å²) in [7, 11) is -3.33. The van der Waals surface area contributed by atoms with Gasteiger partial charge in [0.2, 0.25) is 0 Å². The van der Waals surface area contributed by atoms with Gasteiger partial charge >= 0.3 is 0 Å². The number of carbonyl (C=O) groups excluding carboxylic acids is 1. The van der Waals surface area contributed by atoms with Crippen LogP contribution in [0.4, 0.5) is 5.69 Å². The average Bonchev–Trinajstić information content (AvgIpc) is 3.46. The molecule has 4 rings (SSSR count). The number of rotatable bonds is 5. The Morgan fingerprint density at radius 2 is 1.69 bits per heavy atom. The van der Waals surface area contributed by atoms with E-state index >= 15 is 0 Å². The van der Waals surface area contributed by atoms with E-state index < -0.39 is 9.84 Å². The Morgan fingerprint density at radius 1 is 1.03 bits per heavy atom. The molecule has 1 aromatic heterocycles. The van der Waals surface area contributed by atoms with Crippen LogP contribution in [0.1, 0.15) is 62.6 Å².